The highest BCUT2D eigenvalue weighted by atomic mass is 16.1. The molecule has 2 heterocycles. The van der Waals surface area contributed by atoms with E-state index in [1.54, 1.807) is 38.6 Å². The van der Waals surface area contributed by atoms with Gasteiger partial charge in [-0.2, -0.15) is 0 Å². The summed E-state index contributed by atoms with van der Waals surface area (Å²) in [5.74, 6) is 0. The molecule has 4 nitrogen and oxygen atoms in total. The molecule has 0 spiro atoms. The fourth-order valence-corrected chi connectivity index (χ4v) is 1.02. The molecule has 0 saturated heterocycles. The average Bonchev–Trinajstić information content (AvgIpc) is 2.28. The first-order valence-corrected chi connectivity index (χ1v) is 4.84. The molecular weight excluding hydrogens is 204 g/mol. The predicted molar refractivity (Wildman–Crippen MR) is 63.4 cm³/mol. The molecule has 4 heteroatoms. The van der Waals surface area contributed by atoms with Gasteiger partial charge in [-0.1, -0.05) is 12.1 Å². The van der Waals surface area contributed by atoms with Gasteiger partial charge in [0.15, 0.2) is 0 Å². The van der Waals surface area contributed by atoms with Crippen LogP contribution in [0.2, 0.25) is 0 Å². The smallest absolute Gasteiger partial charge is 0.250 e. The van der Waals surface area contributed by atoms with E-state index in [1.807, 2.05) is 12.1 Å². The second-order valence-electron chi connectivity index (χ2n) is 3.30. The molecule has 0 radical (unpaired) electrons. The lowest BCUT2D eigenvalue weighted by Crippen LogP contribution is -2.12. The van der Waals surface area contributed by atoms with Crippen molar-refractivity contribution < 1.29 is 0 Å². The van der Waals surface area contributed by atoms with Gasteiger partial charge >= 0.3 is 0 Å². The molecule has 0 aliphatic heterocycles. The molecule has 2 aromatic rings. The minimum atomic E-state index is 0.0347. The highest BCUT2D eigenvalue weighted by Crippen LogP contribution is 1.73. The van der Waals surface area contributed by atoms with Gasteiger partial charge in [-0.25, -0.2) is 0 Å². The molecule has 0 aromatic carbocycles. The van der Waals surface area contributed by atoms with E-state index in [1.165, 1.54) is 21.3 Å². The van der Waals surface area contributed by atoms with Gasteiger partial charge in [-0.05, 0) is 12.1 Å². The maximum atomic E-state index is 10.6. The van der Waals surface area contributed by atoms with Gasteiger partial charge in [0.25, 0.3) is 0 Å². The lowest BCUT2D eigenvalue weighted by atomic mass is 10.5. The quantitative estimate of drug-likeness (QED) is 0.655. The second kappa shape index (κ2) is 5.70. The fraction of sp³-hybridized carbons (Fsp3) is 0.167. The Hall–Kier alpha value is -2.10. The molecular formula is C12H14N2O2. The van der Waals surface area contributed by atoms with E-state index in [4.69, 9.17) is 0 Å². The molecule has 0 saturated carbocycles. The van der Waals surface area contributed by atoms with E-state index in [0.29, 0.717) is 0 Å². The molecule has 0 aliphatic rings. The highest BCUT2D eigenvalue weighted by Gasteiger charge is 1.80. The zero-order valence-electron chi connectivity index (χ0n) is 9.33. The van der Waals surface area contributed by atoms with E-state index < -0.39 is 0 Å². The summed E-state index contributed by atoms with van der Waals surface area (Å²) in [5, 5.41) is 0. The van der Waals surface area contributed by atoms with Crippen molar-refractivity contribution in [1.29, 1.82) is 0 Å². The molecule has 0 bridgehead atoms. The predicted octanol–water partition coefficient (Wildman–Crippen LogP) is 0.771. The zero-order chi connectivity index (χ0) is 12.0. The van der Waals surface area contributed by atoms with Crippen LogP contribution in [0.15, 0.2) is 58.4 Å². The minimum absolute atomic E-state index is 0.0347. The lowest BCUT2D eigenvalue weighted by Gasteiger charge is -1.89. The third-order valence-electron chi connectivity index (χ3n) is 2.01. The molecule has 0 amide bonds. The maximum Gasteiger partial charge on any atom is 0.250 e. The van der Waals surface area contributed by atoms with E-state index in [2.05, 4.69) is 0 Å². The van der Waals surface area contributed by atoms with Crippen molar-refractivity contribution >= 4 is 0 Å². The van der Waals surface area contributed by atoms with E-state index in [-0.39, 0.29) is 11.1 Å². The summed E-state index contributed by atoms with van der Waals surface area (Å²) in [6.07, 6.45) is 3.45. The van der Waals surface area contributed by atoms with Crippen LogP contribution in [0, 0.1) is 0 Å². The molecule has 0 fully saturated rings. The summed E-state index contributed by atoms with van der Waals surface area (Å²) < 4.78 is 3.06. The Morgan fingerprint density at radius 3 is 1.31 bits per heavy atom. The first-order chi connectivity index (χ1) is 7.61. The Bertz CT molecular complexity index is 503. The van der Waals surface area contributed by atoms with Crippen LogP contribution in [0.5, 0.6) is 0 Å². The SMILES string of the molecule is Cn1ccccc1=O.Cn1ccccc1=O. The van der Waals surface area contributed by atoms with Crippen LogP contribution in [0.25, 0.3) is 0 Å². The van der Waals surface area contributed by atoms with Crippen LogP contribution in [-0.4, -0.2) is 9.13 Å². The normalized spacial score (nSPS) is 9.12. The third kappa shape index (κ3) is 3.57. The van der Waals surface area contributed by atoms with Crippen LogP contribution < -0.4 is 11.1 Å². The van der Waals surface area contributed by atoms with Crippen molar-refractivity contribution in [3.63, 3.8) is 0 Å². The van der Waals surface area contributed by atoms with Crippen molar-refractivity contribution in [2.24, 2.45) is 14.1 Å². The van der Waals surface area contributed by atoms with Crippen molar-refractivity contribution in [3.8, 4) is 0 Å². The van der Waals surface area contributed by atoms with Gasteiger partial charge in [-0.3, -0.25) is 9.59 Å². The standard InChI is InChI=1S/2C6H7NO/c2*1-7-5-3-2-4-6(7)8/h2*2-5H,1H3. The van der Waals surface area contributed by atoms with Crippen molar-refractivity contribution in [3.05, 3.63) is 69.5 Å². The minimum Gasteiger partial charge on any atom is -0.319 e. The van der Waals surface area contributed by atoms with E-state index in [9.17, 15) is 9.59 Å². The summed E-state index contributed by atoms with van der Waals surface area (Å²) in [6.45, 7) is 0. The number of hydrogen-bond acceptors (Lipinski definition) is 2. The Labute approximate surface area is 93.4 Å². The van der Waals surface area contributed by atoms with E-state index in [0.717, 1.165) is 0 Å². The van der Waals surface area contributed by atoms with Gasteiger partial charge in [0.05, 0.1) is 0 Å². The average molecular weight is 218 g/mol. The molecule has 0 unspecified atom stereocenters. The Balaban J connectivity index is 0.000000160. The molecule has 0 N–H and O–H groups in total. The molecule has 84 valence electrons. The van der Waals surface area contributed by atoms with Crippen LogP contribution in [0.4, 0.5) is 0 Å². The first kappa shape index (κ1) is 12.0. The van der Waals surface area contributed by atoms with Crippen molar-refractivity contribution in [2.75, 3.05) is 0 Å². The number of hydrogen-bond donors (Lipinski definition) is 0. The monoisotopic (exact) mass is 218 g/mol. The van der Waals surface area contributed by atoms with Crippen LogP contribution in [-0.2, 0) is 14.1 Å². The summed E-state index contributed by atoms with van der Waals surface area (Å²) in [4.78, 5) is 21.2. The van der Waals surface area contributed by atoms with Crippen LogP contribution >= 0.6 is 0 Å². The largest absolute Gasteiger partial charge is 0.319 e. The Morgan fingerprint density at radius 2 is 1.12 bits per heavy atom. The number of aromatic nitrogens is 2. The molecule has 16 heavy (non-hydrogen) atoms. The van der Waals surface area contributed by atoms with Gasteiger partial charge in [0, 0.05) is 38.6 Å². The van der Waals surface area contributed by atoms with Gasteiger partial charge in [0.2, 0.25) is 11.1 Å². The highest BCUT2D eigenvalue weighted by molar-refractivity contribution is 4.92. The Kier molecular flexibility index (Phi) is 4.27. The number of nitrogens with zero attached hydrogens (tertiary/aromatic N) is 2. The lowest BCUT2D eigenvalue weighted by molar-refractivity contribution is 0.860. The van der Waals surface area contributed by atoms with Gasteiger partial charge < -0.3 is 9.13 Å². The maximum absolute atomic E-state index is 10.6. The van der Waals surface area contributed by atoms with Crippen LogP contribution in [0.1, 0.15) is 0 Å². The van der Waals surface area contributed by atoms with Gasteiger partial charge in [0.1, 0.15) is 0 Å². The molecule has 2 aromatic heterocycles. The third-order valence-corrected chi connectivity index (χ3v) is 2.01. The summed E-state index contributed by atoms with van der Waals surface area (Å²) in [7, 11) is 3.45. The first-order valence-electron chi connectivity index (χ1n) is 4.84. The molecule has 2 rings (SSSR count). The van der Waals surface area contributed by atoms with Crippen molar-refractivity contribution in [1.82, 2.24) is 9.13 Å². The summed E-state index contributed by atoms with van der Waals surface area (Å²) >= 11 is 0. The topological polar surface area (TPSA) is 44.0 Å². The second-order valence-corrected chi connectivity index (χ2v) is 3.30. The van der Waals surface area contributed by atoms with Crippen LogP contribution in [0.3, 0.4) is 0 Å². The number of pyridine rings is 2. The molecule has 0 atom stereocenters. The fourth-order valence-electron chi connectivity index (χ4n) is 1.02. The Morgan fingerprint density at radius 1 is 0.750 bits per heavy atom. The number of aryl methyl sites for hydroxylation is 2. The van der Waals surface area contributed by atoms with Crippen molar-refractivity contribution in [2.45, 2.75) is 0 Å². The van der Waals surface area contributed by atoms with E-state index >= 15 is 0 Å². The van der Waals surface area contributed by atoms with Gasteiger partial charge in [-0.15, -0.1) is 0 Å². The summed E-state index contributed by atoms with van der Waals surface area (Å²) in [5.41, 5.74) is 0.0694. The summed E-state index contributed by atoms with van der Waals surface area (Å²) in [6, 6.07) is 10.1. The number of rotatable bonds is 0. The zero-order valence-corrected chi connectivity index (χ0v) is 9.33. The molecule has 0 aliphatic carbocycles.